The summed E-state index contributed by atoms with van der Waals surface area (Å²) in [4.78, 5) is 25.1. The molecule has 3 aliphatic heterocycles. The van der Waals surface area contributed by atoms with E-state index >= 15 is 0 Å². The van der Waals surface area contributed by atoms with Crippen molar-refractivity contribution < 1.29 is 14.3 Å². The standard InChI is InChI=1S/C27H32N4O3S/c1-18-13-19(2)25-24(14-18)35-27(28-25)31-7-5-21(6-8-31)26(32)30-11-9-29(10-12-30)16-20-3-4-22-23(15-20)34-17-33-22/h3-4,13-15,21H,5-12,16-17H2,1-2H3. The first kappa shape index (κ1) is 22.6. The molecule has 0 aliphatic carbocycles. The van der Waals surface area contributed by atoms with E-state index in [-0.39, 0.29) is 5.92 Å². The number of nitrogens with zero attached hydrogens (tertiary/aromatic N) is 4. The van der Waals surface area contributed by atoms with Gasteiger partial charge in [-0.2, -0.15) is 0 Å². The van der Waals surface area contributed by atoms with Crippen molar-refractivity contribution in [3.63, 3.8) is 0 Å². The lowest BCUT2D eigenvalue weighted by Gasteiger charge is -2.38. The van der Waals surface area contributed by atoms with Crippen molar-refractivity contribution >= 4 is 32.6 Å². The monoisotopic (exact) mass is 492 g/mol. The molecule has 0 atom stereocenters. The molecule has 0 radical (unpaired) electrons. The van der Waals surface area contributed by atoms with Crippen molar-refractivity contribution in [1.82, 2.24) is 14.8 Å². The van der Waals surface area contributed by atoms with Crippen LogP contribution in [0.2, 0.25) is 0 Å². The minimum Gasteiger partial charge on any atom is -0.454 e. The molecule has 0 unspecified atom stereocenters. The smallest absolute Gasteiger partial charge is 0.231 e. The van der Waals surface area contributed by atoms with E-state index < -0.39 is 0 Å². The summed E-state index contributed by atoms with van der Waals surface area (Å²) in [6, 6.07) is 10.6. The summed E-state index contributed by atoms with van der Waals surface area (Å²) in [5.74, 6) is 2.12. The molecule has 184 valence electrons. The molecule has 2 fully saturated rings. The van der Waals surface area contributed by atoms with E-state index in [1.54, 1.807) is 11.3 Å². The number of piperazine rings is 1. The van der Waals surface area contributed by atoms with E-state index in [9.17, 15) is 4.79 Å². The van der Waals surface area contributed by atoms with E-state index in [0.29, 0.717) is 12.7 Å². The number of hydrogen-bond acceptors (Lipinski definition) is 7. The Morgan fingerprint density at radius 1 is 1.00 bits per heavy atom. The van der Waals surface area contributed by atoms with Crippen LogP contribution in [0.1, 0.15) is 29.5 Å². The third-order valence-electron chi connectivity index (χ3n) is 7.46. The largest absolute Gasteiger partial charge is 0.454 e. The van der Waals surface area contributed by atoms with Crippen LogP contribution < -0.4 is 14.4 Å². The Bertz CT molecular complexity index is 1240. The van der Waals surface area contributed by atoms with Gasteiger partial charge in [0.15, 0.2) is 16.6 Å². The molecule has 2 saturated heterocycles. The average Bonchev–Trinajstić information content (AvgIpc) is 3.51. The quantitative estimate of drug-likeness (QED) is 0.544. The van der Waals surface area contributed by atoms with Crippen LogP contribution in [0, 0.1) is 19.8 Å². The highest BCUT2D eigenvalue weighted by Crippen LogP contribution is 2.35. The third-order valence-corrected chi connectivity index (χ3v) is 8.52. The van der Waals surface area contributed by atoms with Gasteiger partial charge >= 0.3 is 0 Å². The molecule has 0 bridgehead atoms. The van der Waals surface area contributed by atoms with Gasteiger partial charge in [-0.25, -0.2) is 4.98 Å². The zero-order chi connectivity index (χ0) is 23.9. The fourth-order valence-electron chi connectivity index (χ4n) is 5.49. The summed E-state index contributed by atoms with van der Waals surface area (Å²) in [6.45, 7) is 10.7. The molecule has 2 aromatic carbocycles. The highest BCUT2D eigenvalue weighted by Gasteiger charge is 2.31. The lowest BCUT2D eigenvalue weighted by atomic mass is 9.95. The van der Waals surface area contributed by atoms with Gasteiger partial charge in [-0.15, -0.1) is 0 Å². The summed E-state index contributed by atoms with van der Waals surface area (Å²) in [7, 11) is 0. The molecule has 6 rings (SSSR count). The maximum atomic E-state index is 13.3. The van der Waals surface area contributed by atoms with Gasteiger partial charge in [0.1, 0.15) is 0 Å². The number of ether oxygens (including phenoxy) is 2. The minimum atomic E-state index is 0.130. The van der Waals surface area contributed by atoms with Gasteiger partial charge in [-0.05, 0) is 61.6 Å². The highest BCUT2D eigenvalue weighted by atomic mass is 32.1. The minimum absolute atomic E-state index is 0.130. The van der Waals surface area contributed by atoms with Crippen LogP contribution in [-0.4, -0.2) is 66.8 Å². The number of hydrogen-bond donors (Lipinski definition) is 0. The van der Waals surface area contributed by atoms with E-state index in [4.69, 9.17) is 14.5 Å². The van der Waals surface area contributed by atoms with Crippen molar-refractivity contribution in [2.45, 2.75) is 33.2 Å². The lowest BCUT2D eigenvalue weighted by Crippen LogP contribution is -2.51. The van der Waals surface area contributed by atoms with E-state index in [2.05, 4.69) is 52.8 Å². The number of carbonyl (C=O) groups is 1. The Morgan fingerprint density at radius 3 is 2.57 bits per heavy atom. The summed E-state index contributed by atoms with van der Waals surface area (Å²) in [6.07, 6.45) is 1.81. The second-order valence-electron chi connectivity index (χ2n) is 9.98. The van der Waals surface area contributed by atoms with Gasteiger partial charge < -0.3 is 19.3 Å². The topological polar surface area (TPSA) is 58.1 Å². The fraction of sp³-hybridized carbons (Fsp3) is 0.481. The molecule has 3 aliphatic rings. The Kier molecular flexibility index (Phi) is 6.02. The second kappa shape index (κ2) is 9.32. The predicted octanol–water partition coefficient (Wildman–Crippen LogP) is 4.20. The molecule has 7 nitrogen and oxygen atoms in total. The first-order valence-electron chi connectivity index (χ1n) is 12.6. The van der Waals surface area contributed by atoms with Crippen molar-refractivity contribution in [3.8, 4) is 11.5 Å². The first-order valence-corrected chi connectivity index (χ1v) is 13.4. The number of fused-ring (bicyclic) bond motifs is 2. The number of benzene rings is 2. The van der Waals surface area contributed by atoms with Crippen LogP contribution in [0.3, 0.4) is 0 Å². The van der Waals surface area contributed by atoms with Crippen LogP contribution >= 0.6 is 11.3 Å². The molecule has 1 aromatic heterocycles. The SMILES string of the molecule is Cc1cc(C)c2nc(N3CCC(C(=O)N4CCN(Cc5ccc6c(c5)OCO6)CC4)CC3)sc2c1. The van der Waals surface area contributed by atoms with Crippen molar-refractivity contribution in [2.24, 2.45) is 5.92 Å². The Hall–Kier alpha value is -2.84. The van der Waals surface area contributed by atoms with Gasteiger partial charge in [0.05, 0.1) is 10.2 Å². The molecule has 1 amide bonds. The normalized spacial score (nSPS) is 19.0. The number of rotatable bonds is 4. The third kappa shape index (κ3) is 4.57. The van der Waals surface area contributed by atoms with Crippen molar-refractivity contribution in [2.75, 3.05) is 51.0 Å². The Morgan fingerprint density at radius 2 is 1.77 bits per heavy atom. The number of aromatic nitrogens is 1. The van der Waals surface area contributed by atoms with E-state index in [0.717, 1.165) is 80.8 Å². The van der Waals surface area contributed by atoms with Crippen molar-refractivity contribution in [3.05, 3.63) is 47.0 Å². The van der Waals surface area contributed by atoms with Gasteiger partial charge in [0, 0.05) is 51.7 Å². The van der Waals surface area contributed by atoms with Crippen LogP contribution in [0.4, 0.5) is 5.13 Å². The van der Waals surface area contributed by atoms with Crippen LogP contribution in [0.15, 0.2) is 30.3 Å². The van der Waals surface area contributed by atoms with Crippen LogP contribution in [-0.2, 0) is 11.3 Å². The second-order valence-corrected chi connectivity index (χ2v) is 11.0. The number of anilines is 1. The molecule has 0 N–H and O–H groups in total. The van der Waals surface area contributed by atoms with Gasteiger partial charge in [-0.3, -0.25) is 9.69 Å². The van der Waals surface area contributed by atoms with Gasteiger partial charge in [0.2, 0.25) is 12.7 Å². The zero-order valence-corrected chi connectivity index (χ0v) is 21.3. The summed E-state index contributed by atoms with van der Waals surface area (Å²) < 4.78 is 12.2. The summed E-state index contributed by atoms with van der Waals surface area (Å²) in [5, 5.41) is 1.09. The number of amides is 1. The highest BCUT2D eigenvalue weighted by molar-refractivity contribution is 7.22. The molecule has 35 heavy (non-hydrogen) atoms. The summed E-state index contributed by atoms with van der Waals surface area (Å²) >= 11 is 1.78. The summed E-state index contributed by atoms with van der Waals surface area (Å²) in [5.41, 5.74) is 4.87. The van der Waals surface area contributed by atoms with E-state index in [1.807, 2.05) is 6.07 Å². The molecular formula is C27H32N4O3S. The predicted molar refractivity (Wildman–Crippen MR) is 138 cm³/mol. The Balaban J connectivity index is 1.01. The first-order chi connectivity index (χ1) is 17.0. The molecule has 4 heterocycles. The molecule has 0 spiro atoms. The number of carbonyl (C=O) groups excluding carboxylic acids is 1. The van der Waals surface area contributed by atoms with Gasteiger partial charge in [-0.1, -0.05) is 23.5 Å². The molecule has 8 heteroatoms. The maximum Gasteiger partial charge on any atom is 0.231 e. The van der Waals surface area contributed by atoms with Crippen molar-refractivity contribution in [1.29, 1.82) is 0 Å². The molecular weight excluding hydrogens is 460 g/mol. The Labute approximate surface area is 210 Å². The molecule has 3 aromatic rings. The van der Waals surface area contributed by atoms with E-state index in [1.165, 1.54) is 21.4 Å². The number of aryl methyl sites for hydroxylation is 2. The van der Waals surface area contributed by atoms with Gasteiger partial charge in [0.25, 0.3) is 0 Å². The van der Waals surface area contributed by atoms with Crippen LogP contribution in [0.5, 0.6) is 11.5 Å². The average molecular weight is 493 g/mol. The lowest BCUT2D eigenvalue weighted by molar-refractivity contribution is -0.138. The maximum absolute atomic E-state index is 13.3. The zero-order valence-electron chi connectivity index (χ0n) is 20.5. The van der Waals surface area contributed by atoms with Crippen LogP contribution in [0.25, 0.3) is 10.2 Å². The number of piperidine rings is 1. The fourth-order valence-corrected chi connectivity index (χ4v) is 6.69. The molecule has 0 saturated carbocycles. The number of thiazole rings is 1.